The molecule has 1 aliphatic carbocycles. The zero-order valence-corrected chi connectivity index (χ0v) is 10.6. The summed E-state index contributed by atoms with van der Waals surface area (Å²) in [6.45, 7) is 1.95. The number of halogens is 1. The van der Waals surface area contributed by atoms with Crippen molar-refractivity contribution >= 4 is 11.6 Å². The minimum Gasteiger partial charge on any atom is -0.325 e. The third kappa shape index (κ3) is 3.29. The van der Waals surface area contributed by atoms with Gasteiger partial charge in [0.2, 0.25) is 5.91 Å². The molecule has 4 heteroatoms. The van der Waals surface area contributed by atoms with Gasteiger partial charge in [0.05, 0.1) is 6.54 Å². The summed E-state index contributed by atoms with van der Waals surface area (Å²) < 4.78 is 13.3. The largest absolute Gasteiger partial charge is 0.325 e. The summed E-state index contributed by atoms with van der Waals surface area (Å²) in [5.41, 5.74) is 1.03. The van der Waals surface area contributed by atoms with E-state index in [4.69, 9.17) is 0 Å². The molecule has 0 unspecified atom stereocenters. The van der Waals surface area contributed by atoms with E-state index in [0.717, 1.165) is 12.8 Å². The molecule has 0 saturated heterocycles. The average Bonchev–Trinajstić information content (AvgIpc) is 2.86. The lowest BCUT2D eigenvalue weighted by molar-refractivity contribution is -0.115. The van der Waals surface area contributed by atoms with Crippen molar-refractivity contribution in [3.05, 3.63) is 29.6 Å². The van der Waals surface area contributed by atoms with Gasteiger partial charge in [-0.05, 0) is 31.9 Å². The summed E-state index contributed by atoms with van der Waals surface area (Å²) in [7, 11) is 0. The van der Waals surface area contributed by atoms with Crippen LogP contribution in [0.4, 0.5) is 10.1 Å². The smallest absolute Gasteiger partial charge is 0.238 e. The fraction of sp³-hybridized carbons (Fsp3) is 0.500. The maximum absolute atomic E-state index is 13.3. The van der Waals surface area contributed by atoms with Gasteiger partial charge in [0.1, 0.15) is 5.82 Å². The Morgan fingerprint density at radius 3 is 2.83 bits per heavy atom. The number of carbonyl (C=O) groups excluding carboxylic acids is 1. The number of benzene rings is 1. The highest BCUT2D eigenvalue weighted by atomic mass is 19.1. The molecular formula is C14H19FN2O. The van der Waals surface area contributed by atoms with E-state index >= 15 is 0 Å². The van der Waals surface area contributed by atoms with Gasteiger partial charge in [0.15, 0.2) is 0 Å². The lowest BCUT2D eigenvalue weighted by Crippen LogP contribution is -2.34. The fourth-order valence-corrected chi connectivity index (χ4v) is 2.30. The summed E-state index contributed by atoms with van der Waals surface area (Å²) in [6, 6.07) is 5.17. The van der Waals surface area contributed by atoms with Gasteiger partial charge in [-0.15, -0.1) is 0 Å². The second-order valence-electron chi connectivity index (χ2n) is 4.82. The Bertz CT molecular complexity index is 428. The third-order valence-electron chi connectivity index (χ3n) is 3.45. The number of amides is 1. The molecule has 0 spiro atoms. The normalized spacial score (nSPS) is 15.9. The molecule has 0 aromatic heterocycles. The summed E-state index contributed by atoms with van der Waals surface area (Å²) >= 11 is 0. The van der Waals surface area contributed by atoms with Crippen molar-refractivity contribution in [3.63, 3.8) is 0 Å². The Morgan fingerprint density at radius 1 is 1.39 bits per heavy atom. The van der Waals surface area contributed by atoms with Crippen molar-refractivity contribution in [2.24, 2.45) is 0 Å². The Kier molecular flexibility index (Phi) is 4.31. The Morgan fingerprint density at radius 2 is 2.11 bits per heavy atom. The first kappa shape index (κ1) is 13.0. The minimum absolute atomic E-state index is 0.115. The predicted octanol–water partition coefficient (Wildman–Crippen LogP) is 2.60. The third-order valence-corrected chi connectivity index (χ3v) is 3.45. The lowest BCUT2D eigenvalue weighted by atomic mass is 10.2. The molecule has 0 aliphatic heterocycles. The quantitative estimate of drug-likeness (QED) is 0.862. The van der Waals surface area contributed by atoms with E-state index in [0.29, 0.717) is 23.8 Å². The highest BCUT2D eigenvalue weighted by molar-refractivity contribution is 5.92. The maximum Gasteiger partial charge on any atom is 0.238 e. The van der Waals surface area contributed by atoms with Crippen molar-refractivity contribution in [1.82, 2.24) is 5.32 Å². The van der Waals surface area contributed by atoms with E-state index in [1.54, 1.807) is 19.1 Å². The molecule has 1 aromatic carbocycles. The number of nitrogens with one attached hydrogen (secondary N) is 2. The summed E-state index contributed by atoms with van der Waals surface area (Å²) in [5.74, 6) is -0.410. The standard InChI is InChI=1S/C14H19FN2O/c1-10-12(15)7-4-8-13(10)17-14(18)9-16-11-5-2-3-6-11/h4,7-8,11,16H,2-3,5-6,9H2,1H3,(H,17,18). The molecule has 0 bridgehead atoms. The molecule has 2 N–H and O–H groups in total. The zero-order valence-electron chi connectivity index (χ0n) is 10.6. The first-order valence-electron chi connectivity index (χ1n) is 6.45. The minimum atomic E-state index is -0.295. The Hall–Kier alpha value is -1.42. The number of hydrogen-bond donors (Lipinski definition) is 2. The van der Waals surface area contributed by atoms with Gasteiger partial charge in [-0.1, -0.05) is 18.9 Å². The van der Waals surface area contributed by atoms with Crippen LogP contribution in [0.3, 0.4) is 0 Å². The molecule has 1 aromatic rings. The van der Waals surface area contributed by atoms with Crippen LogP contribution in [0.25, 0.3) is 0 Å². The van der Waals surface area contributed by atoms with E-state index in [2.05, 4.69) is 10.6 Å². The van der Waals surface area contributed by atoms with Crippen LogP contribution in [-0.2, 0) is 4.79 Å². The topological polar surface area (TPSA) is 41.1 Å². The molecule has 2 rings (SSSR count). The molecule has 1 amide bonds. The van der Waals surface area contributed by atoms with Crippen LogP contribution in [0.2, 0.25) is 0 Å². The average molecular weight is 250 g/mol. The molecule has 0 heterocycles. The second kappa shape index (κ2) is 5.96. The number of anilines is 1. The zero-order chi connectivity index (χ0) is 13.0. The number of carbonyl (C=O) groups is 1. The van der Waals surface area contributed by atoms with Crippen molar-refractivity contribution < 1.29 is 9.18 Å². The van der Waals surface area contributed by atoms with Gasteiger partial charge >= 0.3 is 0 Å². The van der Waals surface area contributed by atoms with Crippen molar-refractivity contribution in [2.45, 2.75) is 38.6 Å². The van der Waals surface area contributed by atoms with Gasteiger partial charge in [-0.25, -0.2) is 4.39 Å². The SMILES string of the molecule is Cc1c(F)cccc1NC(=O)CNC1CCCC1. The Balaban J connectivity index is 1.84. The van der Waals surface area contributed by atoms with Crippen LogP contribution in [0, 0.1) is 12.7 Å². The molecule has 1 aliphatic rings. The van der Waals surface area contributed by atoms with Crippen molar-refractivity contribution in [2.75, 3.05) is 11.9 Å². The first-order valence-corrected chi connectivity index (χ1v) is 6.45. The van der Waals surface area contributed by atoms with Gasteiger partial charge in [-0.2, -0.15) is 0 Å². The van der Waals surface area contributed by atoms with Crippen LogP contribution >= 0.6 is 0 Å². The summed E-state index contributed by atoms with van der Waals surface area (Å²) in [4.78, 5) is 11.7. The highest BCUT2D eigenvalue weighted by Crippen LogP contribution is 2.18. The monoisotopic (exact) mass is 250 g/mol. The van der Waals surface area contributed by atoms with E-state index in [-0.39, 0.29) is 11.7 Å². The molecule has 0 atom stereocenters. The second-order valence-corrected chi connectivity index (χ2v) is 4.82. The molecule has 1 saturated carbocycles. The van der Waals surface area contributed by atoms with E-state index in [1.807, 2.05) is 0 Å². The number of rotatable bonds is 4. The molecular weight excluding hydrogens is 231 g/mol. The van der Waals surface area contributed by atoms with Gasteiger partial charge < -0.3 is 10.6 Å². The van der Waals surface area contributed by atoms with Crippen LogP contribution in [0.15, 0.2) is 18.2 Å². The molecule has 18 heavy (non-hydrogen) atoms. The van der Waals surface area contributed by atoms with Crippen molar-refractivity contribution in [1.29, 1.82) is 0 Å². The van der Waals surface area contributed by atoms with E-state index in [1.165, 1.54) is 18.9 Å². The lowest BCUT2D eigenvalue weighted by Gasteiger charge is -2.13. The van der Waals surface area contributed by atoms with Gasteiger partial charge in [0, 0.05) is 17.3 Å². The molecule has 0 radical (unpaired) electrons. The van der Waals surface area contributed by atoms with Crippen LogP contribution in [-0.4, -0.2) is 18.5 Å². The van der Waals surface area contributed by atoms with E-state index in [9.17, 15) is 9.18 Å². The first-order chi connectivity index (χ1) is 8.66. The van der Waals surface area contributed by atoms with Gasteiger partial charge in [0.25, 0.3) is 0 Å². The molecule has 3 nitrogen and oxygen atoms in total. The maximum atomic E-state index is 13.3. The predicted molar refractivity (Wildman–Crippen MR) is 70.0 cm³/mol. The highest BCUT2D eigenvalue weighted by Gasteiger charge is 2.15. The molecule has 98 valence electrons. The summed E-state index contributed by atoms with van der Waals surface area (Å²) in [5, 5.41) is 5.96. The number of hydrogen-bond acceptors (Lipinski definition) is 2. The molecule has 1 fully saturated rings. The van der Waals surface area contributed by atoms with Crippen LogP contribution in [0.5, 0.6) is 0 Å². The van der Waals surface area contributed by atoms with Crippen molar-refractivity contribution in [3.8, 4) is 0 Å². The summed E-state index contributed by atoms with van der Waals surface area (Å²) in [6.07, 6.45) is 4.77. The fourth-order valence-electron chi connectivity index (χ4n) is 2.30. The van der Waals surface area contributed by atoms with Gasteiger partial charge in [-0.3, -0.25) is 4.79 Å². The van der Waals surface area contributed by atoms with Crippen LogP contribution < -0.4 is 10.6 Å². The Labute approximate surface area is 107 Å². The van der Waals surface area contributed by atoms with E-state index < -0.39 is 0 Å². The van der Waals surface area contributed by atoms with Crippen LogP contribution in [0.1, 0.15) is 31.2 Å².